The monoisotopic (exact) mass is 716 g/mol. The molecule has 2 fully saturated rings. The lowest BCUT2D eigenvalue weighted by molar-refractivity contribution is -0.143. The zero-order valence-corrected chi connectivity index (χ0v) is 27.2. The van der Waals surface area contributed by atoms with Crippen molar-refractivity contribution in [2.24, 2.45) is 0 Å². The van der Waals surface area contributed by atoms with Crippen molar-refractivity contribution in [3.05, 3.63) is 94.3 Å². The maximum absolute atomic E-state index is 13.6. The van der Waals surface area contributed by atoms with Crippen molar-refractivity contribution in [3.63, 3.8) is 0 Å². The Morgan fingerprint density at radius 3 is 2.20 bits per heavy atom. The molecule has 0 radical (unpaired) electrons. The summed E-state index contributed by atoms with van der Waals surface area (Å²) in [5.41, 5.74) is -0.240. The van der Waals surface area contributed by atoms with Crippen LogP contribution in [-0.2, 0) is 23.6 Å². The number of cyclic esters (lactones) is 1. The van der Waals surface area contributed by atoms with Crippen LogP contribution in [0.15, 0.2) is 60.8 Å². The van der Waals surface area contributed by atoms with Crippen LogP contribution in [0, 0.1) is 6.92 Å². The molecule has 268 valence electrons. The zero-order chi connectivity index (χ0) is 37.0. The number of nitrogens with zero attached hydrogens (tertiary/aromatic N) is 4. The molecular formula is C35H30F6N4O6. The molecule has 2 aliphatic rings. The van der Waals surface area contributed by atoms with Crippen molar-refractivity contribution in [3.8, 4) is 28.0 Å². The molecule has 3 aromatic carbocycles. The molecule has 2 saturated heterocycles. The average molecular weight is 717 g/mol. The van der Waals surface area contributed by atoms with Crippen LogP contribution in [0.4, 0.5) is 37.1 Å². The third kappa shape index (κ3) is 7.00. The number of ether oxygens (including phenoxy) is 2. The minimum atomic E-state index is -5.09. The lowest BCUT2D eigenvalue weighted by Gasteiger charge is -2.36. The van der Waals surface area contributed by atoms with Crippen molar-refractivity contribution in [1.29, 1.82) is 0 Å². The van der Waals surface area contributed by atoms with Crippen LogP contribution in [-0.4, -0.2) is 69.5 Å². The number of amides is 1. The number of carbonyl (C=O) groups excluding carboxylic acids is 1. The van der Waals surface area contributed by atoms with E-state index in [0.29, 0.717) is 40.1 Å². The molecule has 3 heterocycles. The number of aromatic carboxylic acids is 1. The van der Waals surface area contributed by atoms with Gasteiger partial charge in [0.05, 0.1) is 48.2 Å². The molecule has 51 heavy (non-hydrogen) atoms. The molecular weight excluding hydrogens is 686 g/mol. The van der Waals surface area contributed by atoms with Crippen molar-refractivity contribution in [2.45, 2.75) is 51.0 Å². The number of aliphatic hydroxyl groups excluding tert-OH is 1. The summed E-state index contributed by atoms with van der Waals surface area (Å²) in [6.45, 7) is 3.40. The van der Waals surface area contributed by atoms with E-state index in [1.165, 1.54) is 32.4 Å². The lowest BCUT2D eigenvalue weighted by Crippen LogP contribution is -2.51. The highest BCUT2D eigenvalue weighted by Gasteiger charge is 2.44. The van der Waals surface area contributed by atoms with Crippen LogP contribution in [0.2, 0.25) is 0 Å². The quantitative estimate of drug-likeness (QED) is 0.183. The average Bonchev–Trinajstić information content (AvgIpc) is 3.34. The van der Waals surface area contributed by atoms with Crippen LogP contribution in [0.1, 0.15) is 51.3 Å². The van der Waals surface area contributed by atoms with E-state index in [1.807, 2.05) is 0 Å². The molecule has 10 nitrogen and oxygen atoms in total. The van der Waals surface area contributed by atoms with Gasteiger partial charge in [-0.05, 0) is 78.6 Å². The van der Waals surface area contributed by atoms with E-state index in [-0.39, 0.29) is 42.9 Å². The number of aromatic nitrogens is 2. The maximum atomic E-state index is 13.6. The minimum absolute atomic E-state index is 0.00757. The smallest absolute Gasteiger partial charge is 0.416 e. The number of halogens is 6. The van der Waals surface area contributed by atoms with Crippen LogP contribution >= 0.6 is 0 Å². The third-order valence-electron chi connectivity index (χ3n) is 8.92. The molecule has 2 unspecified atom stereocenters. The molecule has 2 atom stereocenters. The van der Waals surface area contributed by atoms with Gasteiger partial charge in [-0.2, -0.15) is 26.3 Å². The fourth-order valence-corrected chi connectivity index (χ4v) is 6.19. The van der Waals surface area contributed by atoms with Crippen molar-refractivity contribution in [2.75, 3.05) is 25.1 Å². The molecule has 16 heteroatoms. The zero-order valence-electron chi connectivity index (χ0n) is 27.2. The number of carboxylic acid groups (broad SMARTS) is 1. The molecule has 2 N–H and O–H groups in total. The van der Waals surface area contributed by atoms with E-state index in [0.717, 1.165) is 10.5 Å². The molecule has 1 amide bonds. The highest BCUT2D eigenvalue weighted by Crippen LogP contribution is 2.42. The van der Waals surface area contributed by atoms with Gasteiger partial charge in [-0.1, -0.05) is 12.1 Å². The fraction of sp³-hybridized carbons (Fsp3) is 0.314. The van der Waals surface area contributed by atoms with Gasteiger partial charge in [0, 0.05) is 30.4 Å². The van der Waals surface area contributed by atoms with Crippen molar-refractivity contribution < 1.29 is 55.6 Å². The summed E-state index contributed by atoms with van der Waals surface area (Å²) in [6.07, 6.45) is -11.8. The Hall–Kier alpha value is -5.38. The standard InChI is InChI=1S/C35H30F6N4O6/c1-17-8-20(31(47)48)4-6-25(17)19-5-7-29(50-3)26(11-19)27-13-42-32(44-14-24(46)15-44)43-28(27)16-45-18(2)30(51-33(45)49)21-9-22(34(36,37)38)12-23(10-21)35(39,40)41/h4-13,18,24,30,46H,14-16H2,1-3H3,(H,47,48). The van der Waals surface area contributed by atoms with Gasteiger partial charge < -0.3 is 24.6 Å². The highest BCUT2D eigenvalue weighted by molar-refractivity contribution is 5.89. The number of aliphatic hydroxyl groups is 1. The topological polar surface area (TPSA) is 125 Å². The number of hydrogen-bond acceptors (Lipinski definition) is 8. The number of carboxylic acids is 1. The Morgan fingerprint density at radius 1 is 0.961 bits per heavy atom. The number of rotatable bonds is 8. The van der Waals surface area contributed by atoms with Crippen molar-refractivity contribution >= 4 is 18.0 Å². The number of hydrogen-bond donors (Lipinski definition) is 2. The predicted octanol–water partition coefficient (Wildman–Crippen LogP) is 7.13. The number of carbonyl (C=O) groups is 2. The normalized spacial score (nSPS) is 18.1. The number of methoxy groups -OCH3 is 1. The first-order valence-corrected chi connectivity index (χ1v) is 15.5. The summed E-state index contributed by atoms with van der Waals surface area (Å²) >= 11 is 0. The fourth-order valence-electron chi connectivity index (χ4n) is 6.19. The summed E-state index contributed by atoms with van der Waals surface area (Å²) in [7, 11) is 1.44. The second-order valence-electron chi connectivity index (χ2n) is 12.4. The van der Waals surface area contributed by atoms with Gasteiger partial charge in [0.15, 0.2) is 0 Å². The molecule has 0 saturated carbocycles. The largest absolute Gasteiger partial charge is 0.496 e. The second-order valence-corrected chi connectivity index (χ2v) is 12.4. The van der Waals surface area contributed by atoms with Gasteiger partial charge in [-0.3, -0.25) is 4.90 Å². The molecule has 0 bridgehead atoms. The first-order valence-electron chi connectivity index (χ1n) is 15.5. The van der Waals surface area contributed by atoms with Gasteiger partial charge in [-0.25, -0.2) is 19.6 Å². The maximum Gasteiger partial charge on any atom is 0.416 e. The lowest BCUT2D eigenvalue weighted by atomic mass is 9.94. The van der Waals surface area contributed by atoms with Gasteiger partial charge in [-0.15, -0.1) is 0 Å². The van der Waals surface area contributed by atoms with Crippen LogP contribution in [0.3, 0.4) is 0 Å². The van der Waals surface area contributed by atoms with E-state index < -0.39 is 59.4 Å². The van der Waals surface area contributed by atoms with Gasteiger partial charge in [0.1, 0.15) is 11.9 Å². The first-order chi connectivity index (χ1) is 23.9. The SMILES string of the molecule is COc1ccc(-c2ccc(C(=O)O)cc2C)cc1-c1cnc(N2CC(O)C2)nc1CN1C(=O)OC(c2cc(C(F)(F)F)cc(C(F)(F)F)c2)C1C. The van der Waals surface area contributed by atoms with E-state index >= 15 is 0 Å². The summed E-state index contributed by atoms with van der Waals surface area (Å²) in [6, 6.07) is 9.95. The van der Waals surface area contributed by atoms with E-state index in [9.17, 15) is 46.1 Å². The van der Waals surface area contributed by atoms with Crippen molar-refractivity contribution in [1.82, 2.24) is 14.9 Å². The van der Waals surface area contributed by atoms with Crippen LogP contribution in [0.5, 0.6) is 5.75 Å². The predicted molar refractivity (Wildman–Crippen MR) is 170 cm³/mol. The van der Waals surface area contributed by atoms with Crippen LogP contribution in [0.25, 0.3) is 22.3 Å². The van der Waals surface area contributed by atoms with Gasteiger partial charge in [0.2, 0.25) is 5.95 Å². The van der Waals surface area contributed by atoms with Gasteiger partial charge >= 0.3 is 24.4 Å². The molecule has 4 aromatic rings. The molecule has 0 spiro atoms. The third-order valence-corrected chi connectivity index (χ3v) is 8.92. The Labute approximate surface area is 286 Å². The van der Waals surface area contributed by atoms with Gasteiger partial charge in [0.25, 0.3) is 0 Å². The first kappa shape index (κ1) is 35.4. The number of alkyl halides is 6. The Balaban J connectivity index is 1.41. The van der Waals surface area contributed by atoms with E-state index in [4.69, 9.17) is 14.5 Å². The number of anilines is 1. The molecule has 1 aromatic heterocycles. The Morgan fingerprint density at radius 2 is 1.63 bits per heavy atom. The summed E-state index contributed by atoms with van der Waals surface area (Å²) in [5.74, 6) is -0.477. The minimum Gasteiger partial charge on any atom is -0.496 e. The molecule has 2 aliphatic heterocycles. The second kappa shape index (κ2) is 13.1. The summed E-state index contributed by atoms with van der Waals surface area (Å²) in [4.78, 5) is 36.8. The Kier molecular flexibility index (Phi) is 9.08. The summed E-state index contributed by atoms with van der Waals surface area (Å²) in [5, 5.41) is 19.3. The number of benzene rings is 3. The highest BCUT2D eigenvalue weighted by atomic mass is 19.4. The van der Waals surface area contributed by atoms with E-state index in [1.54, 1.807) is 36.1 Å². The molecule has 0 aliphatic carbocycles. The van der Waals surface area contributed by atoms with Crippen LogP contribution < -0.4 is 9.64 Å². The Bertz CT molecular complexity index is 1980. The number of β-amino-alcohol motifs (C(OH)–C–C–N with tert-alkyl or cyclic N) is 1. The number of aryl methyl sites for hydroxylation is 1. The van der Waals surface area contributed by atoms with E-state index in [2.05, 4.69) is 4.98 Å². The molecule has 6 rings (SSSR count). The summed E-state index contributed by atoms with van der Waals surface area (Å²) < 4.78 is 92.9.